The Morgan fingerprint density at radius 3 is 2.52 bits per heavy atom. The molecular weight excluding hydrogens is 350 g/mol. The molecule has 0 aromatic heterocycles. The van der Waals surface area contributed by atoms with Gasteiger partial charge in [0.2, 0.25) is 0 Å². The lowest BCUT2D eigenvalue weighted by Crippen LogP contribution is -2.35. The van der Waals surface area contributed by atoms with Crippen LogP contribution < -0.4 is 15.9 Å². The Morgan fingerprint density at radius 1 is 1.15 bits per heavy atom. The molecule has 2 aromatic rings. The summed E-state index contributed by atoms with van der Waals surface area (Å²) >= 11 is 0. The van der Waals surface area contributed by atoms with E-state index in [0.717, 1.165) is 0 Å². The third kappa shape index (κ3) is 3.66. The molecule has 136 valence electrons. The summed E-state index contributed by atoms with van der Waals surface area (Å²) in [6.07, 6.45) is 1.30. The Hall–Kier alpha value is -4.01. The Kier molecular flexibility index (Phi) is 4.93. The zero-order chi connectivity index (χ0) is 19.4. The molecule has 9 nitrogen and oxygen atoms in total. The van der Waals surface area contributed by atoms with Crippen molar-refractivity contribution >= 4 is 28.9 Å². The fourth-order valence-electron chi connectivity index (χ4n) is 2.49. The highest BCUT2D eigenvalue weighted by molar-refractivity contribution is 6.29. The summed E-state index contributed by atoms with van der Waals surface area (Å²) < 4.78 is 0. The Bertz CT molecular complexity index is 969. The third-order valence-electron chi connectivity index (χ3n) is 3.81. The minimum absolute atomic E-state index is 0.0950. The van der Waals surface area contributed by atoms with Crippen molar-refractivity contribution in [2.45, 2.75) is 6.92 Å². The van der Waals surface area contributed by atoms with E-state index in [0.29, 0.717) is 11.4 Å². The number of nitrogens with zero attached hydrogens (tertiary/aromatic N) is 3. The van der Waals surface area contributed by atoms with Gasteiger partial charge in [0, 0.05) is 12.3 Å². The predicted molar refractivity (Wildman–Crippen MR) is 98.8 cm³/mol. The number of para-hydroxylation sites is 2. The number of rotatable bonds is 5. The molecule has 0 unspecified atom stereocenters. The highest BCUT2D eigenvalue weighted by Gasteiger charge is 2.28. The Morgan fingerprint density at radius 2 is 1.81 bits per heavy atom. The van der Waals surface area contributed by atoms with Gasteiger partial charge in [0.25, 0.3) is 17.5 Å². The van der Waals surface area contributed by atoms with Crippen LogP contribution in [0.4, 0.5) is 11.4 Å². The van der Waals surface area contributed by atoms with Crippen molar-refractivity contribution in [1.82, 2.24) is 10.9 Å². The molecule has 1 aliphatic rings. The van der Waals surface area contributed by atoms with Crippen LogP contribution in [0, 0.1) is 10.1 Å². The van der Waals surface area contributed by atoms with Gasteiger partial charge in [-0.2, -0.15) is 10.1 Å². The number of amides is 2. The molecule has 0 saturated heterocycles. The minimum Gasteiger partial charge on any atom is -0.305 e. The standard InChI is InChI=1S/C18H15N5O4/c1-12-15(18(25)22(21-12)13-7-3-2-4-8-13)11-19-20-17(24)14-9-5-6-10-16(14)23(26)27/h2-11,19H,1H3,(H,20,24)/b15-11-. The van der Waals surface area contributed by atoms with Crippen LogP contribution in [-0.2, 0) is 4.79 Å². The zero-order valence-corrected chi connectivity index (χ0v) is 14.2. The van der Waals surface area contributed by atoms with E-state index >= 15 is 0 Å². The molecule has 9 heteroatoms. The first-order valence-corrected chi connectivity index (χ1v) is 7.93. The van der Waals surface area contributed by atoms with Crippen molar-refractivity contribution < 1.29 is 14.5 Å². The zero-order valence-electron chi connectivity index (χ0n) is 14.2. The molecule has 0 aliphatic carbocycles. The average Bonchev–Trinajstić information content (AvgIpc) is 2.96. The number of nitro groups is 1. The van der Waals surface area contributed by atoms with Crippen LogP contribution in [0.15, 0.2) is 71.5 Å². The van der Waals surface area contributed by atoms with Crippen molar-refractivity contribution in [3.8, 4) is 0 Å². The molecule has 0 atom stereocenters. The van der Waals surface area contributed by atoms with Crippen molar-refractivity contribution in [2.75, 3.05) is 5.01 Å². The highest BCUT2D eigenvalue weighted by Crippen LogP contribution is 2.22. The lowest BCUT2D eigenvalue weighted by Gasteiger charge is -2.11. The highest BCUT2D eigenvalue weighted by atomic mass is 16.6. The average molecular weight is 365 g/mol. The lowest BCUT2D eigenvalue weighted by atomic mass is 10.2. The van der Waals surface area contributed by atoms with Crippen molar-refractivity contribution in [2.24, 2.45) is 5.10 Å². The minimum atomic E-state index is -0.695. The Labute approximate surface area is 154 Å². The number of hydrogen-bond donors (Lipinski definition) is 2. The van der Waals surface area contributed by atoms with Gasteiger partial charge < -0.3 is 5.43 Å². The van der Waals surface area contributed by atoms with Gasteiger partial charge in [-0.1, -0.05) is 30.3 Å². The molecule has 0 saturated carbocycles. The van der Waals surface area contributed by atoms with Crippen LogP contribution in [-0.4, -0.2) is 22.4 Å². The number of hydrazone groups is 1. The number of hydrogen-bond acceptors (Lipinski definition) is 6. The van der Waals surface area contributed by atoms with Gasteiger partial charge in [0.05, 0.1) is 21.9 Å². The van der Waals surface area contributed by atoms with Gasteiger partial charge in [-0.15, -0.1) is 0 Å². The Balaban J connectivity index is 1.70. The van der Waals surface area contributed by atoms with E-state index in [2.05, 4.69) is 16.0 Å². The molecule has 2 amide bonds. The van der Waals surface area contributed by atoms with Crippen LogP contribution in [0.1, 0.15) is 17.3 Å². The van der Waals surface area contributed by atoms with Crippen LogP contribution in [0.2, 0.25) is 0 Å². The van der Waals surface area contributed by atoms with Crippen LogP contribution in [0.5, 0.6) is 0 Å². The van der Waals surface area contributed by atoms with Gasteiger partial charge in [0.15, 0.2) is 0 Å². The summed E-state index contributed by atoms with van der Waals surface area (Å²) in [5, 5.41) is 16.5. The van der Waals surface area contributed by atoms with E-state index in [1.807, 2.05) is 6.07 Å². The van der Waals surface area contributed by atoms with Crippen LogP contribution >= 0.6 is 0 Å². The molecule has 1 heterocycles. The maximum Gasteiger partial charge on any atom is 0.282 e. The molecule has 1 aliphatic heterocycles. The predicted octanol–water partition coefficient (Wildman–Crippen LogP) is 2.14. The smallest absolute Gasteiger partial charge is 0.282 e. The maximum atomic E-state index is 12.5. The van der Waals surface area contributed by atoms with Gasteiger partial charge in [-0.05, 0) is 25.1 Å². The van der Waals surface area contributed by atoms with E-state index < -0.39 is 10.8 Å². The fraction of sp³-hybridized carbons (Fsp3) is 0.0556. The van der Waals surface area contributed by atoms with Gasteiger partial charge in [0.1, 0.15) is 5.56 Å². The SMILES string of the molecule is CC1=NN(c2ccccc2)C(=O)/C1=C\NNC(=O)c1ccccc1[N+](=O)[O-]. The first-order valence-electron chi connectivity index (χ1n) is 7.93. The first-order chi connectivity index (χ1) is 13.0. The van der Waals surface area contributed by atoms with E-state index in [-0.39, 0.29) is 22.7 Å². The summed E-state index contributed by atoms with van der Waals surface area (Å²) in [4.78, 5) is 35.0. The van der Waals surface area contributed by atoms with Crippen molar-refractivity contribution in [3.05, 3.63) is 82.0 Å². The molecule has 2 aromatic carbocycles. The number of hydrazine groups is 1. The van der Waals surface area contributed by atoms with Gasteiger partial charge >= 0.3 is 0 Å². The first kappa shape index (κ1) is 17.8. The lowest BCUT2D eigenvalue weighted by molar-refractivity contribution is -0.385. The molecule has 27 heavy (non-hydrogen) atoms. The van der Waals surface area contributed by atoms with Crippen molar-refractivity contribution in [1.29, 1.82) is 0 Å². The number of nitrogens with one attached hydrogen (secondary N) is 2. The third-order valence-corrected chi connectivity index (χ3v) is 3.81. The number of anilines is 1. The molecule has 3 rings (SSSR count). The van der Waals surface area contributed by atoms with E-state index in [9.17, 15) is 19.7 Å². The summed E-state index contributed by atoms with van der Waals surface area (Å²) in [5.74, 6) is -1.05. The second-order valence-corrected chi connectivity index (χ2v) is 5.57. The molecular formula is C18H15N5O4. The molecule has 2 N–H and O–H groups in total. The molecule has 0 bridgehead atoms. The van der Waals surface area contributed by atoms with Gasteiger partial charge in [-0.3, -0.25) is 25.1 Å². The summed E-state index contributed by atoms with van der Waals surface area (Å²) in [5.41, 5.74) is 5.78. The maximum absolute atomic E-state index is 12.5. The molecule has 0 fully saturated rings. The summed E-state index contributed by atoms with van der Waals surface area (Å²) in [6.45, 7) is 1.66. The normalized spacial score (nSPS) is 14.9. The largest absolute Gasteiger partial charge is 0.305 e. The fourth-order valence-corrected chi connectivity index (χ4v) is 2.49. The number of nitro benzene ring substituents is 1. The van der Waals surface area contributed by atoms with E-state index in [1.165, 1.54) is 35.5 Å². The monoisotopic (exact) mass is 365 g/mol. The number of benzene rings is 2. The quantitative estimate of drug-likeness (QED) is 0.478. The summed E-state index contributed by atoms with van der Waals surface area (Å²) in [6, 6.07) is 14.5. The van der Waals surface area contributed by atoms with Crippen LogP contribution in [0.25, 0.3) is 0 Å². The van der Waals surface area contributed by atoms with Gasteiger partial charge in [-0.25, -0.2) is 0 Å². The van der Waals surface area contributed by atoms with Crippen LogP contribution in [0.3, 0.4) is 0 Å². The number of carbonyl (C=O) groups excluding carboxylic acids is 2. The topological polar surface area (TPSA) is 117 Å². The second kappa shape index (κ2) is 7.48. The van der Waals surface area contributed by atoms with E-state index in [1.54, 1.807) is 31.2 Å². The van der Waals surface area contributed by atoms with Crippen molar-refractivity contribution in [3.63, 3.8) is 0 Å². The molecule has 0 radical (unpaired) electrons. The second-order valence-electron chi connectivity index (χ2n) is 5.57. The number of carbonyl (C=O) groups is 2. The molecule has 0 spiro atoms. The summed E-state index contributed by atoms with van der Waals surface area (Å²) in [7, 11) is 0. The van der Waals surface area contributed by atoms with E-state index in [4.69, 9.17) is 0 Å².